The SMILES string of the molecule is COC(=O)N[C@H]1CC[C@H](C(=O)I)CC1. The normalized spacial score (nSPS) is 26.7. The molecule has 0 unspecified atom stereocenters. The van der Waals surface area contributed by atoms with Crippen molar-refractivity contribution in [1.29, 1.82) is 0 Å². The van der Waals surface area contributed by atoms with E-state index in [9.17, 15) is 9.59 Å². The van der Waals surface area contributed by atoms with Gasteiger partial charge < -0.3 is 10.1 Å². The molecule has 1 aliphatic rings. The lowest BCUT2D eigenvalue weighted by Crippen LogP contribution is -2.38. The molecular weight excluding hydrogens is 297 g/mol. The molecule has 1 fully saturated rings. The molecule has 0 aliphatic heterocycles. The van der Waals surface area contributed by atoms with E-state index in [1.54, 1.807) is 0 Å². The molecule has 4 nitrogen and oxygen atoms in total. The third kappa shape index (κ3) is 3.43. The van der Waals surface area contributed by atoms with Crippen molar-refractivity contribution in [3.05, 3.63) is 0 Å². The van der Waals surface area contributed by atoms with Gasteiger partial charge in [-0.15, -0.1) is 0 Å². The summed E-state index contributed by atoms with van der Waals surface area (Å²) in [6.45, 7) is 0. The van der Waals surface area contributed by atoms with Gasteiger partial charge in [0, 0.05) is 12.0 Å². The minimum Gasteiger partial charge on any atom is -0.453 e. The van der Waals surface area contributed by atoms with E-state index < -0.39 is 0 Å². The Morgan fingerprint density at radius 2 is 1.86 bits per heavy atom. The van der Waals surface area contributed by atoms with E-state index in [0.717, 1.165) is 25.7 Å². The Kier molecular flexibility index (Phi) is 4.64. The zero-order valence-corrected chi connectivity index (χ0v) is 10.2. The van der Waals surface area contributed by atoms with E-state index >= 15 is 0 Å². The molecule has 0 bridgehead atoms. The van der Waals surface area contributed by atoms with Crippen molar-refractivity contribution in [3.63, 3.8) is 0 Å². The molecule has 0 radical (unpaired) electrons. The number of rotatable bonds is 2. The number of nitrogens with one attached hydrogen (secondary N) is 1. The van der Waals surface area contributed by atoms with Crippen LogP contribution < -0.4 is 5.32 Å². The van der Waals surface area contributed by atoms with Crippen molar-refractivity contribution in [2.45, 2.75) is 31.7 Å². The van der Waals surface area contributed by atoms with E-state index in [-0.39, 0.29) is 21.8 Å². The molecule has 0 aromatic heterocycles. The molecule has 0 saturated heterocycles. The van der Waals surface area contributed by atoms with Crippen LogP contribution in [-0.2, 0) is 9.53 Å². The third-order valence-electron chi connectivity index (χ3n) is 2.56. The Hall–Kier alpha value is -0.330. The molecule has 0 aromatic carbocycles. The standard InChI is InChI=1S/C9H14INO3/c1-14-9(13)11-7-4-2-6(3-5-7)8(10)12/h6-7H,2-5H2,1H3,(H,11,13)/t6-,7-. The number of carbonyl (C=O) groups excluding carboxylic acids is 2. The summed E-state index contributed by atoms with van der Waals surface area (Å²) in [6, 6.07) is 0.175. The Balaban J connectivity index is 2.29. The first-order chi connectivity index (χ1) is 6.63. The maximum Gasteiger partial charge on any atom is 0.407 e. The quantitative estimate of drug-likeness (QED) is 0.625. The summed E-state index contributed by atoms with van der Waals surface area (Å²) in [5.74, 6) is 0.186. The summed E-state index contributed by atoms with van der Waals surface area (Å²) in [6.07, 6.45) is 3.10. The average molecular weight is 311 g/mol. The molecule has 1 N–H and O–H groups in total. The fourth-order valence-electron chi connectivity index (χ4n) is 1.69. The van der Waals surface area contributed by atoms with Crippen LogP contribution in [0.25, 0.3) is 0 Å². The lowest BCUT2D eigenvalue weighted by Gasteiger charge is -2.26. The van der Waals surface area contributed by atoms with Crippen molar-refractivity contribution in [2.75, 3.05) is 7.11 Å². The van der Waals surface area contributed by atoms with Gasteiger partial charge >= 0.3 is 6.09 Å². The van der Waals surface area contributed by atoms with Crippen molar-refractivity contribution >= 4 is 32.5 Å². The molecule has 80 valence electrons. The molecule has 0 spiro atoms. The number of amides is 1. The molecule has 1 saturated carbocycles. The second kappa shape index (κ2) is 5.53. The Morgan fingerprint density at radius 3 is 2.29 bits per heavy atom. The number of hydrogen-bond donors (Lipinski definition) is 1. The predicted molar refractivity (Wildman–Crippen MR) is 60.3 cm³/mol. The lowest BCUT2D eigenvalue weighted by molar-refractivity contribution is -0.113. The molecule has 0 heterocycles. The number of carbonyl (C=O) groups is 2. The van der Waals surface area contributed by atoms with Gasteiger partial charge in [0.25, 0.3) is 0 Å². The van der Waals surface area contributed by atoms with Crippen LogP contribution in [0.3, 0.4) is 0 Å². The number of halogens is 1. The highest BCUT2D eigenvalue weighted by atomic mass is 127. The van der Waals surface area contributed by atoms with Gasteiger partial charge in [0.15, 0.2) is 3.79 Å². The highest BCUT2D eigenvalue weighted by molar-refractivity contribution is 14.1. The van der Waals surface area contributed by atoms with Gasteiger partial charge in [-0.2, -0.15) is 0 Å². The molecule has 0 atom stereocenters. The maximum atomic E-state index is 11.1. The van der Waals surface area contributed by atoms with Crippen LogP contribution >= 0.6 is 22.6 Å². The summed E-state index contributed by atoms with van der Waals surface area (Å²) < 4.78 is 4.74. The largest absolute Gasteiger partial charge is 0.453 e. The first kappa shape index (κ1) is 11.7. The molecule has 1 aliphatic carbocycles. The van der Waals surface area contributed by atoms with Crippen molar-refractivity contribution < 1.29 is 14.3 Å². The molecular formula is C9H14INO3. The first-order valence-electron chi connectivity index (χ1n) is 4.67. The third-order valence-corrected chi connectivity index (χ3v) is 3.44. The van der Waals surface area contributed by atoms with Gasteiger partial charge in [-0.05, 0) is 48.3 Å². The Bertz CT molecular complexity index is 224. The summed E-state index contributed by atoms with van der Waals surface area (Å²) in [4.78, 5) is 22.0. The van der Waals surface area contributed by atoms with Crippen LogP contribution in [0.1, 0.15) is 25.7 Å². The minimum absolute atomic E-state index is 0.175. The van der Waals surface area contributed by atoms with E-state index in [2.05, 4.69) is 10.1 Å². The van der Waals surface area contributed by atoms with Crippen LogP contribution in [0.2, 0.25) is 0 Å². The number of methoxy groups -OCH3 is 1. The van der Waals surface area contributed by atoms with Crippen LogP contribution in [0.4, 0.5) is 4.79 Å². The van der Waals surface area contributed by atoms with E-state index in [0.29, 0.717) is 0 Å². The highest BCUT2D eigenvalue weighted by Crippen LogP contribution is 2.26. The van der Waals surface area contributed by atoms with Gasteiger partial charge in [-0.3, -0.25) is 4.79 Å². The first-order valence-corrected chi connectivity index (χ1v) is 5.75. The van der Waals surface area contributed by atoms with Crippen molar-refractivity contribution in [1.82, 2.24) is 5.32 Å². The zero-order valence-electron chi connectivity index (χ0n) is 8.09. The number of hydrogen-bond acceptors (Lipinski definition) is 3. The van der Waals surface area contributed by atoms with Crippen molar-refractivity contribution in [3.8, 4) is 0 Å². The van der Waals surface area contributed by atoms with Gasteiger partial charge in [0.05, 0.1) is 7.11 Å². The predicted octanol–water partition coefficient (Wildman–Crippen LogP) is 1.86. The van der Waals surface area contributed by atoms with Gasteiger partial charge in [-0.1, -0.05) is 0 Å². The monoisotopic (exact) mass is 311 g/mol. The second-order valence-corrected chi connectivity index (χ2v) is 4.55. The lowest BCUT2D eigenvalue weighted by atomic mass is 9.87. The number of alkyl carbamates (subject to hydrolysis) is 1. The zero-order chi connectivity index (χ0) is 10.6. The second-order valence-electron chi connectivity index (χ2n) is 3.49. The van der Waals surface area contributed by atoms with E-state index in [4.69, 9.17) is 0 Å². The van der Waals surface area contributed by atoms with Gasteiger partial charge in [0.1, 0.15) is 0 Å². The topological polar surface area (TPSA) is 55.4 Å². The summed E-state index contributed by atoms with van der Waals surface area (Å²) in [7, 11) is 1.36. The van der Waals surface area contributed by atoms with Crippen LogP contribution in [0.15, 0.2) is 0 Å². The van der Waals surface area contributed by atoms with Gasteiger partial charge in [-0.25, -0.2) is 4.79 Å². The Morgan fingerprint density at radius 1 is 1.29 bits per heavy atom. The average Bonchev–Trinajstić information content (AvgIpc) is 2.18. The maximum absolute atomic E-state index is 11.1. The number of ether oxygens (including phenoxy) is 1. The van der Waals surface area contributed by atoms with Crippen molar-refractivity contribution in [2.24, 2.45) is 5.92 Å². The summed E-state index contributed by atoms with van der Waals surface area (Å²) >= 11 is 1.85. The molecule has 1 rings (SSSR count). The molecule has 0 aromatic rings. The van der Waals surface area contributed by atoms with E-state index in [1.165, 1.54) is 7.11 Å². The molecule has 14 heavy (non-hydrogen) atoms. The minimum atomic E-state index is -0.380. The van der Waals surface area contributed by atoms with Crippen LogP contribution in [0.5, 0.6) is 0 Å². The smallest absolute Gasteiger partial charge is 0.407 e. The Labute approximate surface area is 96.9 Å². The summed E-state index contributed by atoms with van der Waals surface area (Å²) in [5, 5.41) is 2.75. The van der Waals surface area contributed by atoms with Crippen LogP contribution in [-0.4, -0.2) is 23.0 Å². The fourth-order valence-corrected chi connectivity index (χ4v) is 2.31. The van der Waals surface area contributed by atoms with E-state index in [1.807, 2.05) is 22.6 Å². The highest BCUT2D eigenvalue weighted by Gasteiger charge is 2.25. The molecule has 1 amide bonds. The summed E-state index contributed by atoms with van der Waals surface area (Å²) in [5.41, 5.74) is 0. The van der Waals surface area contributed by atoms with Gasteiger partial charge in [0.2, 0.25) is 0 Å². The fraction of sp³-hybridized carbons (Fsp3) is 0.778. The molecule has 5 heteroatoms. The van der Waals surface area contributed by atoms with Crippen LogP contribution in [0, 0.1) is 5.92 Å².